The van der Waals surface area contributed by atoms with Gasteiger partial charge in [0.1, 0.15) is 0 Å². The summed E-state index contributed by atoms with van der Waals surface area (Å²) in [5.74, 6) is 0.859. The van der Waals surface area contributed by atoms with Crippen LogP contribution >= 0.6 is 0 Å². The van der Waals surface area contributed by atoms with Gasteiger partial charge in [-0.05, 0) is 63.1 Å². The summed E-state index contributed by atoms with van der Waals surface area (Å²) < 4.78 is 0. The van der Waals surface area contributed by atoms with E-state index < -0.39 is 0 Å². The molecule has 1 aliphatic carbocycles. The Balaban J connectivity index is 1.91. The van der Waals surface area contributed by atoms with Crippen molar-refractivity contribution in [3.8, 4) is 0 Å². The van der Waals surface area contributed by atoms with Crippen LogP contribution in [0.5, 0.6) is 0 Å². The maximum atomic E-state index is 3.76. The highest BCUT2D eigenvalue weighted by Gasteiger charge is 2.35. The summed E-state index contributed by atoms with van der Waals surface area (Å²) in [6.07, 6.45) is 11.4. The average molecular weight is 280 g/mol. The molecule has 2 heteroatoms. The van der Waals surface area contributed by atoms with E-state index in [0.717, 1.165) is 18.5 Å². The molecule has 2 unspecified atom stereocenters. The first-order valence-electron chi connectivity index (χ1n) is 9.06. The van der Waals surface area contributed by atoms with E-state index in [4.69, 9.17) is 0 Å². The van der Waals surface area contributed by atoms with Gasteiger partial charge in [-0.1, -0.05) is 40.0 Å². The molecule has 2 nitrogen and oxygen atoms in total. The van der Waals surface area contributed by atoms with Gasteiger partial charge < -0.3 is 10.2 Å². The summed E-state index contributed by atoms with van der Waals surface area (Å²) >= 11 is 0. The number of hydrogen-bond acceptors (Lipinski definition) is 2. The van der Waals surface area contributed by atoms with E-state index in [0.29, 0.717) is 5.41 Å². The summed E-state index contributed by atoms with van der Waals surface area (Å²) in [4.78, 5) is 2.77. The fourth-order valence-electron chi connectivity index (χ4n) is 4.29. The number of rotatable bonds is 4. The molecule has 2 atom stereocenters. The molecule has 0 bridgehead atoms. The van der Waals surface area contributed by atoms with Gasteiger partial charge in [0.25, 0.3) is 0 Å². The molecule has 0 spiro atoms. The third-order valence-electron chi connectivity index (χ3n) is 5.42. The molecular weight excluding hydrogens is 244 g/mol. The van der Waals surface area contributed by atoms with Gasteiger partial charge in [-0.3, -0.25) is 0 Å². The van der Waals surface area contributed by atoms with Crippen molar-refractivity contribution in [1.29, 1.82) is 0 Å². The zero-order valence-corrected chi connectivity index (χ0v) is 14.1. The quantitative estimate of drug-likeness (QED) is 0.835. The van der Waals surface area contributed by atoms with Crippen LogP contribution in [-0.4, -0.2) is 37.1 Å². The van der Waals surface area contributed by atoms with Crippen molar-refractivity contribution in [3.63, 3.8) is 0 Å². The van der Waals surface area contributed by atoms with Crippen molar-refractivity contribution in [3.05, 3.63) is 0 Å². The van der Waals surface area contributed by atoms with Crippen LogP contribution in [0, 0.1) is 11.3 Å². The predicted octanol–water partition coefficient (Wildman–Crippen LogP) is 4.06. The SMILES string of the molecule is CCNC1CCC(C)(C)CC1CN1CCCCCCC1. The van der Waals surface area contributed by atoms with Crippen LogP contribution in [0.4, 0.5) is 0 Å². The zero-order valence-electron chi connectivity index (χ0n) is 14.1. The normalized spacial score (nSPS) is 32.5. The van der Waals surface area contributed by atoms with Crippen LogP contribution in [0.25, 0.3) is 0 Å². The van der Waals surface area contributed by atoms with Crippen LogP contribution < -0.4 is 5.32 Å². The molecule has 2 fully saturated rings. The molecule has 0 aromatic carbocycles. The predicted molar refractivity (Wildman–Crippen MR) is 88.1 cm³/mol. The highest BCUT2D eigenvalue weighted by molar-refractivity contribution is 4.90. The number of nitrogens with zero attached hydrogens (tertiary/aromatic N) is 1. The third-order valence-corrected chi connectivity index (χ3v) is 5.42. The van der Waals surface area contributed by atoms with Crippen molar-refractivity contribution in [2.24, 2.45) is 11.3 Å². The minimum atomic E-state index is 0.555. The Morgan fingerprint density at radius 2 is 1.70 bits per heavy atom. The van der Waals surface area contributed by atoms with Gasteiger partial charge in [0.2, 0.25) is 0 Å². The fraction of sp³-hybridized carbons (Fsp3) is 1.00. The van der Waals surface area contributed by atoms with E-state index in [1.165, 1.54) is 71.0 Å². The molecule has 0 aromatic rings. The maximum Gasteiger partial charge on any atom is 0.0108 e. The van der Waals surface area contributed by atoms with E-state index in [2.05, 4.69) is 31.0 Å². The molecule has 0 amide bonds. The van der Waals surface area contributed by atoms with Crippen molar-refractivity contribution >= 4 is 0 Å². The second-order valence-electron chi connectivity index (χ2n) is 7.90. The van der Waals surface area contributed by atoms with Gasteiger partial charge in [-0.2, -0.15) is 0 Å². The lowest BCUT2D eigenvalue weighted by Gasteiger charge is -2.43. The molecular formula is C18H36N2. The summed E-state index contributed by atoms with van der Waals surface area (Å²) in [5, 5.41) is 3.76. The van der Waals surface area contributed by atoms with Crippen LogP contribution in [0.1, 0.15) is 72.1 Å². The summed E-state index contributed by atoms with van der Waals surface area (Å²) in [6, 6.07) is 0.762. The Bertz CT molecular complexity index is 267. The fourth-order valence-corrected chi connectivity index (χ4v) is 4.29. The molecule has 2 rings (SSSR count). The third kappa shape index (κ3) is 5.04. The Morgan fingerprint density at radius 3 is 2.35 bits per heavy atom. The highest BCUT2D eigenvalue weighted by Crippen LogP contribution is 2.39. The maximum absolute atomic E-state index is 3.76. The van der Waals surface area contributed by atoms with Gasteiger partial charge >= 0.3 is 0 Å². The van der Waals surface area contributed by atoms with Crippen LogP contribution in [0.2, 0.25) is 0 Å². The van der Waals surface area contributed by atoms with Gasteiger partial charge in [0.05, 0.1) is 0 Å². The van der Waals surface area contributed by atoms with Crippen molar-refractivity contribution < 1.29 is 0 Å². The zero-order chi connectivity index (χ0) is 14.4. The number of nitrogens with one attached hydrogen (secondary N) is 1. The first-order valence-corrected chi connectivity index (χ1v) is 9.06. The largest absolute Gasteiger partial charge is 0.314 e. The lowest BCUT2D eigenvalue weighted by molar-refractivity contribution is 0.0969. The van der Waals surface area contributed by atoms with Crippen molar-refractivity contribution in [2.75, 3.05) is 26.2 Å². The smallest absolute Gasteiger partial charge is 0.0108 e. The van der Waals surface area contributed by atoms with Crippen LogP contribution in [-0.2, 0) is 0 Å². The van der Waals surface area contributed by atoms with E-state index in [1.807, 2.05) is 0 Å². The molecule has 1 heterocycles. The summed E-state index contributed by atoms with van der Waals surface area (Å²) in [6.45, 7) is 12.3. The molecule has 1 N–H and O–H groups in total. The molecule has 1 saturated heterocycles. The van der Waals surface area contributed by atoms with Gasteiger partial charge in [0, 0.05) is 12.6 Å². The first-order chi connectivity index (χ1) is 9.61. The van der Waals surface area contributed by atoms with Crippen molar-refractivity contribution in [2.45, 2.75) is 78.2 Å². The van der Waals surface area contributed by atoms with E-state index in [-0.39, 0.29) is 0 Å². The summed E-state index contributed by atoms with van der Waals surface area (Å²) in [7, 11) is 0. The molecule has 2 aliphatic rings. The topological polar surface area (TPSA) is 15.3 Å². The van der Waals surface area contributed by atoms with Gasteiger partial charge in [-0.25, -0.2) is 0 Å². The lowest BCUT2D eigenvalue weighted by Crippen LogP contribution is -2.48. The molecule has 1 aliphatic heterocycles. The molecule has 1 saturated carbocycles. The minimum absolute atomic E-state index is 0.555. The molecule has 20 heavy (non-hydrogen) atoms. The monoisotopic (exact) mass is 280 g/mol. The van der Waals surface area contributed by atoms with Gasteiger partial charge in [0.15, 0.2) is 0 Å². The second kappa shape index (κ2) is 7.79. The lowest BCUT2D eigenvalue weighted by atomic mass is 9.69. The number of hydrogen-bond donors (Lipinski definition) is 1. The van der Waals surface area contributed by atoms with Crippen molar-refractivity contribution in [1.82, 2.24) is 10.2 Å². The Labute approximate surface area is 126 Å². The Hall–Kier alpha value is -0.0800. The Kier molecular flexibility index (Phi) is 6.35. The second-order valence-corrected chi connectivity index (χ2v) is 7.90. The minimum Gasteiger partial charge on any atom is -0.314 e. The highest BCUT2D eigenvalue weighted by atomic mass is 15.1. The van der Waals surface area contributed by atoms with Crippen LogP contribution in [0.15, 0.2) is 0 Å². The Morgan fingerprint density at radius 1 is 1.05 bits per heavy atom. The standard InChI is InChI=1S/C18H36N2/c1-4-19-17-10-11-18(2,3)14-16(17)15-20-12-8-6-5-7-9-13-20/h16-17,19H,4-15H2,1-3H3. The van der Waals surface area contributed by atoms with Crippen LogP contribution in [0.3, 0.4) is 0 Å². The number of likely N-dealkylation sites (tertiary alicyclic amines) is 1. The summed E-state index contributed by atoms with van der Waals surface area (Å²) in [5.41, 5.74) is 0.555. The molecule has 0 radical (unpaired) electrons. The first kappa shape index (κ1) is 16.3. The van der Waals surface area contributed by atoms with E-state index in [1.54, 1.807) is 0 Å². The average Bonchev–Trinajstić information content (AvgIpc) is 2.35. The molecule has 0 aromatic heterocycles. The van der Waals surface area contributed by atoms with Gasteiger partial charge in [-0.15, -0.1) is 0 Å². The molecule has 118 valence electrons. The van der Waals surface area contributed by atoms with E-state index in [9.17, 15) is 0 Å². The van der Waals surface area contributed by atoms with E-state index >= 15 is 0 Å².